The van der Waals surface area contributed by atoms with Crippen molar-refractivity contribution in [2.24, 2.45) is 5.41 Å². The molecular formula is C16H22O2. The minimum Gasteiger partial charge on any atom is -0.465 e. The molecule has 0 aliphatic heterocycles. The Morgan fingerprint density at radius 2 is 2.00 bits per heavy atom. The van der Waals surface area contributed by atoms with Gasteiger partial charge in [-0.3, -0.25) is 4.79 Å². The molecule has 1 aliphatic carbocycles. The van der Waals surface area contributed by atoms with E-state index in [4.69, 9.17) is 4.74 Å². The number of ether oxygens (including phenoxy) is 1. The number of carbonyl (C=O) groups excluding carboxylic acids is 1. The van der Waals surface area contributed by atoms with Gasteiger partial charge in [-0.2, -0.15) is 0 Å². The van der Waals surface area contributed by atoms with Gasteiger partial charge in [-0.25, -0.2) is 0 Å². The van der Waals surface area contributed by atoms with Gasteiger partial charge in [-0.1, -0.05) is 39.0 Å². The van der Waals surface area contributed by atoms with Gasteiger partial charge in [0.2, 0.25) is 0 Å². The lowest BCUT2D eigenvalue weighted by atomic mass is 9.88. The minimum atomic E-state index is -0.185. The Kier molecular flexibility index (Phi) is 3.47. The fraction of sp³-hybridized carbons (Fsp3) is 0.562. The second-order valence-electron chi connectivity index (χ2n) is 6.13. The molecule has 2 rings (SSSR count). The molecule has 1 atom stereocenters. The molecule has 0 saturated carbocycles. The SMILES string of the molecule is CC(=O)OCC1(C)Cc2ccc(C(C)C)cc2C1. The van der Waals surface area contributed by atoms with Crippen LogP contribution in [-0.2, 0) is 22.4 Å². The summed E-state index contributed by atoms with van der Waals surface area (Å²) in [7, 11) is 0. The monoisotopic (exact) mass is 246 g/mol. The van der Waals surface area contributed by atoms with Crippen molar-refractivity contribution >= 4 is 5.97 Å². The molecule has 0 heterocycles. The van der Waals surface area contributed by atoms with E-state index in [-0.39, 0.29) is 11.4 Å². The molecule has 1 aliphatic rings. The smallest absolute Gasteiger partial charge is 0.302 e. The number of fused-ring (bicyclic) bond motifs is 1. The molecular weight excluding hydrogens is 224 g/mol. The lowest BCUT2D eigenvalue weighted by molar-refractivity contribution is -0.144. The summed E-state index contributed by atoms with van der Waals surface area (Å²) in [6.45, 7) is 8.63. The van der Waals surface area contributed by atoms with Crippen molar-refractivity contribution in [1.29, 1.82) is 0 Å². The highest BCUT2D eigenvalue weighted by atomic mass is 16.5. The second kappa shape index (κ2) is 4.75. The molecule has 0 radical (unpaired) electrons. The lowest BCUT2D eigenvalue weighted by Gasteiger charge is -2.22. The van der Waals surface area contributed by atoms with E-state index >= 15 is 0 Å². The summed E-state index contributed by atoms with van der Waals surface area (Å²) >= 11 is 0. The molecule has 1 aromatic rings. The zero-order chi connectivity index (χ0) is 13.3. The third kappa shape index (κ3) is 2.74. The van der Waals surface area contributed by atoms with Crippen LogP contribution in [0.2, 0.25) is 0 Å². The van der Waals surface area contributed by atoms with Crippen LogP contribution in [0, 0.1) is 5.41 Å². The molecule has 0 amide bonds. The fourth-order valence-corrected chi connectivity index (χ4v) is 2.70. The van der Waals surface area contributed by atoms with E-state index < -0.39 is 0 Å². The Balaban J connectivity index is 2.14. The molecule has 1 unspecified atom stereocenters. The van der Waals surface area contributed by atoms with Crippen LogP contribution in [0.5, 0.6) is 0 Å². The second-order valence-corrected chi connectivity index (χ2v) is 6.13. The highest BCUT2D eigenvalue weighted by molar-refractivity contribution is 5.66. The van der Waals surface area contributed by atoms with E-state index in [1.54, 1.807) is 0 Å². The minimum absolute atomic E-state index is 0.0730. The first-order chi connectivity index (χ1) is 8.39. The van der Waals surface area contributed by atoms with Gasteiger partial charge in [-0.05, 0) is 35.4 Å². The normalized spacial score (nSPS) is 22.1. The van der Waals surface area contributed by atoms with Crippen LogP contribution < -0.4 is 0 Å². The number of benzene rings is 1. The number of carbonyl (C=O) groups is 1. The van der Waals surface area contributed by atoms with Crippen molar-refractivity contribution in [3.05, 3.63) is 34.9 Å². The molecule has 0 fully saturated rings. The Morgan fingerprint density at radius 3 is 2.61 bits per heavy atom. The van der Waals surface area contributed by atoms with E-state index in [0.717, 1.165) is 12.8 Å². The van der Waals surface area contributed by atoms with Crippen molar-refractivity contribution in [2.45, 2.75) is 46.5 Å². The molecule has 2 heteroatoms. The molecule has 0 aromatic heterocycles. The average molecular weight is 246 g/mol. The van der Waals surface area contributed by atoms with Gasteiger partial charge in [-0.15, -0.1) is 0 Å². The zero-order valence-corrected chi connectivity index (χ0v) is 11.7. The van der Waals surface area contributed by atoms with Crippen molar-refractivity contribution < 1.29 is 9.53 Å². The Morgan fingerprint density at radius 1 is 1.33 bits per heavy atom. The lowest BCUT2D eigenvalue weighted by Crippen LogP contribution is -2.25. The molecule has 0 saturated heterocycles. The first-order valence-electron chi connectivity index (χ1n) is 6.65. The van der Waals surface area contributed by atoms with E-state index in [9.17, 15) is 4.79 Å². The van der Waals surface area contributed by atoms with E-state index in [1.165, 1.54) is 23.6 Å². The number of esters is 1. The molecule has 2 nitrogen and oxygen atoms in total. The summed E-state index contributed by atoms with van der Waals surface area (Å²) in [5.41, 5.74) is 4.30. The summed E-state index contributed by atoms with van der Waals surface area (Å²) in [5, 5.41) is 0. The van der Waals surface area contributed by atoms with Gasteiger partial charge in [0.25, 0.3) is 0 Å². The zero-order valence-electron chi connectivity index (χ0n) is 11.7. The van der Waals surface area contributed by atoms with Gasteiger partial charge in [0.15, 0.2) is 0 Å². The summed E-state index contributed by atoms with van der Waals surface area (Å²) in [4.78, 5) is 10.9. The first kappa shape index (κ1) is 13.1. The Hall–Kier alpha value is -1.31. The highest BCUT2D eigenvalue weighted by Gasteiger charge is 2.34. The van der Waals surface area contributed by atoms with Crippen LogP contribution in [0.15, 0.2) is 18.2 Å². The van der Waals surface area contributed by atoms with Gasteiger partial charge in [0.05, 0.1) is 6.61 Å². The van der Waals surface area contributed by atoms with Gasteiger partial charge < -0.3 is 4.74 Å². The van der Waals surface area contributed by atoms with Crippen LogP contribution in [0.4, 0.5) is 0 Å². The fourth-order valence-electron chi connectivity index (χ4n) is 2.70. The van der Waals surface area contributed by atoms with Crippen LogP contribution in [-0.4, -0.2) is 12.6 Å². The van der Waals surface area contributed by atoms with Crippen molar-refractivity contribution in [3.8, 4) is 0 Å². The van der Waals surface area contributed by atoms with Crippen molar-refractivity contribution in [2.75, 3.05) is 6.61 Å². The van der Waals surface area contributed by atoms with Crippen LogP contribution >= 0.6 is 0 Å². The van der Waals surface area contributed by atoms with Crippen molar-refractivity contribution in [1.82, 2.24) is 0 Å². The molecule has 18 heavy (non-hydrogen) atoms. The van der Waals surface area contributed by atoms with E-state index in [1.807, 2.05) is 0 Å². The Bertz CT molecular complexity index is 462. The van der Waals surface area contributed by atoms with E-state index in [2.05, 4.69) is 39.0 Å². The van der Waals surface area contributed by atoms with Gasteiger partial charge in [0.1, 0.15) is 0 Å². The van der Waals surface area contributed by atoms with Crippen molar-refractivity contribution in [3.63, 3.8) is 0 Å². The predicted octanol–water partition coefficient (Wildman–Crippen LogP) is 3.48. The molecule has 98 valence electrons. The molecule has 0 bridgehead atoms. The summed E-state index contributed by atoms with van der Waals surface area (Å²) in [5.74, 6) is 0.380. The summed E-state index contributed by atoms with van der Waals surface area (Å²) in [6, 6.07) is 6.78. The topological polar surface area (TPSA) is 26.3 Å². The number of hydrogen-bond acceptors (Lipinski definition) is 2. The summed E-state index contributed by atoms with van der Waals surface area (Å²) < 4.78 is 5.20. The quantitative estimate of drug-likeness (QED) is 0.763. The maximum absolute atomic E-state index is 10.9. The van der Waals surface area contributed by atoms with Crippen LogP contribution in [0.25, 0.3) is 0 Å². The Labute approximate surface area is 109 Å². The van der Waals surface area contributed by atoms with Gasteiger partial charge in [0, 0.05) is 12.3 Å². The third-order valence-corrected chi connectivity index (χ3v) is 3.76. The van der Waals surface area contributed by atoms with Crippen LogP contribution in [0.3, 0.4) is 0 Å². The highest BCUT2D eigenvalue weighted by Crippen LogP contribution is 2.38. The number of hydrogen-bond donors (Lipinski definition) is 0. The molecule has 0 N–H and O–H groups in total. The predicted molar refractivity (Wildman–Crippen MR) is 72.7 cm³/mol. The third-order valence-electron chi connectivity index (χ3n) is 3.76. The summed E-state index contributed by atoms with van der Waals surface area (Å²) in [6.07, 6.45) is 2.02. The maximum atomic E-state index is 10.9. The van der Waals surface area contributed by atoms with Gasteiger partial charge >= 0.3 is 5.97 Å². The maximum Gasteiger partial charge on any atom is 0.302 e. The molecule has 1 aromatic carbocycles. The standard InChI is InChI=1S/C16H22O2/c1-11(2)13-5-6-14-8-16(4,9-15(14)7-13)10-18-12(3)17/h5-7,11H,8-10H2,1-4H3. The largest absolute Gasteiger partial charge is 0.465 e. The first-order valence-corrected chi connectivity index (χ1v) is 6.65. The average Bonchev–Trinajstić information content (AvgIpc) is 2.62. The molecule has 0 spiro atoms. The number of rotatable bonds is 3. The van der Waals surface area contributed by atoms with Crippen LogP contribution in [0.1, 0.15) is 50.3 Å². The van der Waals surface area contributed by atoms with E-state index in [0.29, 0.717) is 12.5 Å².